The van der Waals surface area contributed by atoms with E-state index in [1.54, 1.807) is 0 Å². The average Bonchev–Trinajstić information content (AvgIpc) is 2.38. The highest BCUT2D eigenvalue weighted by molar-refractivity contribution is 7.99. The molecule has 0 aromatic heterocycles. The Bertz CT molecular complexity index is 211. The average molecular weight is 255 g/mol. The van der Waals surface area contributed by atoms with Crippen molar-refractivity contribution in [3.63, 3.8) is 0 Å². The lowest BCUT2D eigenvalue weighted by Crippen LogP contribution is -2.43. The van der Waals surface area contributed by atoms with Gasteiger partial charge in [-0.15, -0.1) is 0 Å². The molecule has 1 saturated carbocycles. The second-order valence-corrected chi connectivity index (χ2v) is 7.60. The molecule has 2 aliphatic rings. The van der Waals surface area contributed by atoms with Gasteiger partial charge in [0, 0.05) is 17.8 Å². The summed E-state index contributed by atoms with van der Waals surface area (Å²) in [6, 6.07) is 0.811. The van der Waals surface area contributed by atoms with Crippen LogP contribution in [0.1, 0.15) is 58.8 Å². The molecule has 100 valence electrons. The van der Waals surface area contributed by atoms with Gasteiger partial charge in [-0.2, -0.15) is 11.8 Å². The first-order valence-electron chi connectivity index (χ1n) is 7.62. The van der Waals surface area contributed by atoms with Crippen LogP contribution in [-0.4, -0.2) is 23.6 Å². The van der Waals surface area contributed by atoms with Gasteiger partial charge in [-0.05, 0) is 43.3 Å². The van der Waals surface area contributed by atoms with Crippen LogP contribution in [0.3, 0.4) is 0 Å². The molecule has 1 aliphatic carbocycles. The molecule has 2 rings (SSSR count). The molecule has 17 heavy (non-hydrogen) atoms. The van der Waals surface area contributed by atoms with Gasteiger partial charge in [0.05, 0.1) is 0 Å². The van der Waals surface area contributed by atoms with E-state index in [0.717, 1.165) is 23.1 Å². The first-order chi connectivity index (χ1) is 8.27. The number of rotatable bonds is 4. The minimum Gasteiger partial charge on any atom is -0.313 e. The molecule has 0 aromatic carbocycles. The van der Waals surface area contributed by atoms with Crippen molar-refractivity contribution in [1.29, 1.82) is 0 Å². The van der Waals surface area contributed by atoms with Gasteiger partial charge in [-0.25, -0.2) is 0 Å². The van der Waals surface area contributed by atoms with Gasteiger partial charge in [0.25, 0.3) is 0 Å². The van der Waals surface area contributed by atoms with Crippen molar-refractivity contribution in [1.82, 2.24) is 5.32 Å². The molecule has 3 unspecified atom stereocenters. The van der Waals surface area contributed by atoms with Gasteiger partial charge in [0.2, 0.25) is 0 Å². The lowest BCUT2D eigenvalue weighted by atomic mass is 9.78. The van der Waals surface area contributed by atoms with Crippen molar-refractivity contribution in [2.45, 2.75) is 70.1 Å². The van der Waals surface area contributed by atoms with Crippen molar-refractivity contribution in [2.24, 2.45) is 11.8 Å². The van der Waals surface area contributed by atoms with Crippen LogP contribution in [0, 0.1) is 11.8 Å². The Morgan fingerprint density at radius 2 is 1.82 bits per heavy atom. The van der Waals surface area contributed by atoms with E-state index in [-0.39, 0.29) is 0 Å². The fourth-order valence-electron chi connectivity index (χ4n) is 3.46. The maximum absolute atomic E-state index is 3.90. The van der Waals surface area contributed by atoms with E-state index >= 15 is 0 Å². The molecule has 2 heteroatoms. The molecule has 0 spiro atoms. The standard InChI is InChI=1S/C15H29NS/c1-12(2)14-8-3-4-9-15(14)16-11-13-7-5-6-10-17-13/h12-16H,3-11H2,1-2H3. The summed E-state index contributed by atoms with van der Waals surface area (Å²) in [5, 5.41) is 4.80. The molecule has 0 radical (unpaired) electrons. The molecule has 3 atom stereocenters. The summed E-state index contributed by atoms with van der Waals surface area (Å²) in [5.74, 6) is 3.18. The minimum atomic E-state index is 0.811. The first-order valence-corrected chi connectivity index (χ1v) is 8.67. The van der Waals surface area contributed by atoms with Crippen LogP contribution in [0.5, 0.6) is 0 Å². The van der Waals surface area contributed by atoms with Gasteiger partial charge in [0.1, 0.15) is 0 Å². The highest BCUT2D eigenvalue weighted by Gasteiger charge is 2.27. The summed E-state index contributed by atoms with van der Waals surface area (Å²) in [4.78, 5) is 0. The molecule has 0 amide bonds. The third-order valence-electron chi connectivity index (χ3n) is 4.56. The molecular weight excluding hydrogens is 226 g/mol. The summed E-state index contributed by atoms with van der Waals surface area (Å²) < 4.78 is 0. The minimum absolute atomic E-state index is 0.811. The second-order valence-electron chi connectivity index (χ2n) is 6.20. The third-order valence-corrected chi connectivity index (χ3v) is 5.96. The maximum Gasteiger partial charge on any atom is 0.0172 e. The van der Waals surface area contributed by atoms with E-state index in [4.69, 9.17) is 0 Å². The van der Waals surface area contributed by atoms with Crippen molar-refractivity contribution < 1.29 is 0 Å². The highest BCUT2D eigenvalue weighted by atomic mass is 32.2. The van der Waals surface area contributed by atoms with Gasteiger partial charge in [0.15, 0.2) is 0 Å². The molecule has 1 nitrogen and oxygen atoms in total. The van der Waals surface area contributed by atoms with Gasteiger partial charge in [-0.3, -0.25) is 0 Å². The van der Waals surface area contributed by atoms with Crippen LogP contribution in [-0.2, 0) is 0 Å². The van der Waals surface area contributed by atoms with Crippen molar-refractivity contribution in [2.75, 3.05) is 12.3 Å². The highest BCUT2D eigenvalue weighted by Crippen LogP contribution is 2.31. The van der Waals surface area contributed by atoms with E-state index in [2.05, 4.69) is 30.9 Å². The Balaban J connectivity index is 1.75. The quantitative estimate of drug-likeness (QED) is 0.812. The van der Waals surface area contributed by atoms with Crippen LogP contribution in [0.4, 0.5) is 0 Å². The number of thioether (sulfide) groups is 1. The Hall–Kier alpha value is 0.310. The largest absolute Gasteiger partial charge is 0.313 e. The predicted molar refractivity (Wildman–Crippen MR) is 78.7 cm³/mol. The number of nitrogens with one attached hydrogen (secondary N) is 1. The van der Waals surface area contributed by atoms with Crippen molar-refractivity contribution >= 4 is 11.8 Å². The van der Waals surface area contributed by atoms with Gasteiger partial charge >= 0.3 is 0 Å². The molecule has 1 aliphatic heterocycles. The second kappa shape index (κ2) is 7.04. The SMILES string of the molecule is CC(C)C1CCCCC1NCC1CCCCS1. The lowest BCUT2D eigenvalue weighted by Gasteiger charge is -2.36. The topological polar surface area (TPSA) is 12.0 Å². The fourth-order valence-corrected chi connectivity index (χ4v) is 4.71. The van der Waals surface area contributed by atoms with Gasteiger partial charge in [-0.1, -0.05) is 33.1 Å². The van der Waals surface area contributed by atoms with E-state index in [0.29, 0.717) is 0 Å². The van der Waals surface area contributed by atoms with Crippen LogP contribution in [0.15, 0.2) is 0 Å². The summed E-state index contributed by atoms with van der Waals surface area (Å²) in [7, 11) is 0. The summed E-state index contributed by atoms with van der Waals surface area (Å²) in [6.07, 6.45) is 10.1. The lowest BCUT2D eigenvalue weighted by molar-refractivity contribution is 0.206. The van der Waals surface area contributed by atoms with E-state index in [1.165, 1.54) is 57.2 Å². The zero-order chi connectivity index (χ0) is 12.1. The summed E-state index contributed by atoms with van der Waals surface area (Å²) >= 11 is 2.20. The van der Waals surface area contributed by atoms with Crippen LogP contribution in [0.2, 0.25) is 0 Å². The molecule has 1 saturated heterocycles. The monoisotopic (exact) mass is 255 g/mol. The molecule has 1 heterocycles. The van der Waals surface area contributed by atoms with Crippen molar-refractivity contribution in [3.05, 3.63) is 0 Å². The molecular formula is C15H29NS. The third kappa shape index (κ3) is 4.17. The van der Waals surface area contributed by atoms with E-state index < -0.39 is 0 Å². The Morgan fingerprint density at radius 3 is 2.53 bits per heavy atom. The Morgan fingerprint density at radius 1 is 1.06 bits per heavy atom. The molecule has 1 N–H and O–H groups in total. The van der Waals surface area contributed by atoms with E-state index in [1.807, 2.05) is 0 Å². The molecule has 2 fully saturated rings. The first kappa shape index (κ1) is 13.7. The molecule has 0 aromatic rings. The van der Waals surface area contributed by atoms with Crippen LogP contribution >= 0.6 is 11.8 Å². The molecule has 0 bridgehead atoms. The Labute approximate surface area is 112 Å². The fraction of sp³-hybridized carbons (Fsp3) is 1.00. The maximum atomic E-state index is 3.90. The predicted octanol–water partition coefficient (Wildman–Crippen LogP) is 4.08. The zero-order valence-corrected chi connectivity index (χ0v) is 12.4. The summed E-state index contributed by atoms with van der Waals surface area (Å²) in [6.45, 7) is 6.07. The van der Waals surface area contributed by atoms with Gasteiger partial charge < -0.3 is 5.32 Å². The smallest absolute Gasteiger partial charge is 0.0172 e. The number of hydrogen-bond acceptors (Lipinski definition) is 2. The number of hydrogen-bond donors (Lipinski definition) is 1. The summed E-state index contributed by atoms with van der Waals surface area (Å²) in [5.41, 5.74) is 0. The van der Waals surface area contributed by atoms with E-state index in [9.17, 15) is 0 Å². The Kier molecular flexibility index (Phi) is 5.68. The van der Waals surface area contributed by atoms with Crippen LogP contribution < -0.4 is 5.32 Å². The zero-order valence-electron chi connectivity index (χ0n) is 11.6. The van der Waals surface area contributed by atoms with Crippen molar-refractivity contribution in [3.8, 4) is 0 Å². The van der Waals surface area contributed by atoms with Crippen LogP contribution in [0.25, 0.3) is 0 Å². The normalized spacial score (nSPS) is 35.1.